The van der Waals surface area contributed by atoms with E-state index < -0.39 is 22.1 Å². The third-order valence-corrected chi connectivity index (χ3v) is 7.70. The molecule has 0 spiro atoms. The molecule has 0 atom stereocenters. The van der Waals surface area contributed by atoms with Crippen molar-refractivity contribution >= 4 is 16.3 Å². The van der Waals surface area contributed by atoms with Crippen LogP contribution in [0.25, 0.3) is 0 Å². The summed E-state index contributed by atoms with van der Waals surface area (Å²) in [6, 6.07) is 34.7. The van der Waals surface area contributed by atoms with Gasteiger partial charge in [0.2, 0.25) is 0 Å². The predicted octanol–water partition coefficient (Wildman–Crippen LogP) is 6.88. The fraction of sp³-hybridized carbons (Fsp3) is 0. The van der Waals surface area contributed by atoms with E-state index in [0.717, 1.165) is 14.7 Å². The maximum Gasteiger partial charge on any atom is 0.349 e. The van der Waals surface area contributed by atoms with Crippen molar-refractivity contribution in [3.63, 3.8) is 0 Å². The van der Waals surface area contributed by atoms with Crippen LogP contribution in [0.2, 0.25) is 0 Å². The predicted molar refractivity (Wildman–Crippen MR) is 114 cm³/mol. The van der Waals surface area contributed by atoms with Crippen molar-refractivity contribution in [3.05, 3.63) is 127 Å². The summed E-state index contributed by atoms with van der Waals surface area (Å²) in [5.74, 6) is -1.03. The molecule has 2 nitrogen and oxygen atoms in total. The number of carbonyl (C=O) groups excluding carboxylic acids is 1. The number of hydrogen-bond acceptors (Lipinski definition) is 2. The lowest BCUT2D eigenvalue weighted by Gasteiger charge is -2.39. The molecule has 0 aromatic heterocycles. The Morgan fingerprint density at radius 1 is 0.621 bits per heavy atom. The van der Waals surface area contributed by atoms with Gasteiger partial charge in [0.05, 0.1) is 5.56 Å². The summed E-state index contributed by atoms with van der Waals surface area (Å²) in [4.78, 5) is 15.8. The summed E-state index contributed by atoms with van der Waals surface area (Å²) in [6.07, 6.45) is 0. The summed E-state index contributed by atoms with van der Waals surface area (Å²) < 4.78 is 20.0. The normalized spacial score (nSPS) is 11.6. The fourth-order valence-electron chi connectivity index (χ4n) is 3.17. The Morgan fingerprint density at radius 3 is 1.48 bits per heavy atom. The van der Waals surface area contributed by atoms with Crippen molar-refractivity contribution in [2.45, 2.75) is 14.7 Å². The molecule has 0 unspecified atom stereocenters. The average molecular weight is 402 g/mol. The zero-order valence-electron chi connectivity index (χ0n) is 15.6. The van der Waals surface area contributed by atoms with Gasteiger partial charge in [-0.3, -0.25) is 0 Å². The third kappa shape index (κ3) is 3.80. The van der Waals surface area contributed by atoms with Gasteiger partial charge in [0.1, 0.15) is 5.82 Å². The van der Waals surface area contributed by atoms with Gasteiger partial charge in [-0.05, 0) is 64.9 Å². The Bertz CT molecular complexity index is 1000. The van der Waals surface area contributed by atoms with Crippen molar-refractivity contribution in [3.8, 4) is 0 Å². The first kappa shape index (κ1) is 19.0. The van der Waals surface area contributed by atoms with Gasteiger partial charge in [0, 0.05) is 14.7 Å². The van der Waals surface area contributed by atoms with Crippen LogP contribution in [-0.4, -0.2) is 5.97 Å². The monoisotopic (exact) mass is 402 g/mol. The number of benzene rings is 4. The molecule has 0 aliphatic heterocycles. The molecular formula is C25H19FO2S. The van der Waals surface area contributed by atoms with E-state index in [-0.39, 0.29) is 5.56 Å². The molecule has 0 amide bonds. The lowest BCUT2D eigenvalue weighted by Crippen LogP contribution is -2.14. The number of hydrogen-bond donors (Lipinski definition) is 0. The van der Waals surface area contributed by atoms with E-state index in [0.29, 0.717) is 0 Å². The minimum absolute atomic E-state index is 0.185. The van der Waals surface area contributed by atoms with Gasteiger partial charge >= 0.3 is 5.97 Å². The van der Waals surface area contributed by atoms with E-state index in [1.165, 1.54) is 18.2 Å². The minimum atomic E-state index is -2.36. The summed E-state index contributed by atoms with van der Waals surface area (Å²) in [7, 11) is -2.36. The van der Waals surface area contributed by atoms with Crippen molar-refractivity contribution in [1.29, 1.82) is 0 Å². The maximum absolute atomic E-state index is 13.7. The lowest BCUT2D eigenvalue weighted by molar-refractivity contribution is 0.0757. The number of carbonyl (C=O) groups is 1. The first-order chi connectivity index (χ1) is 14.2. The topological polar surface area (TPSA) is 26.3 Å². The minimum Gasteiger partial charge on any atom is -0.398 e. The Morgan fingerprint density at radius 2 is 1.07 bits per heavy atom. The highest BCUT2D eigenvalue weighted by Gasteiger charge is 2.35. The van der Waals surface area contributed by atoms with Crippen molar-refractivity contribution < 1.29 is 13.4 Å². The second kappa shape index (κ2) is 8.33. The standard InChI is InChI=1S/C25H19FO2S/c26-21-12-10-11-20(19-21)25(27)28-29(22-13-4-1-5-14-22,23-15-6-2-7-16-23)24-17-8-3-9-18-24/h1-19H. The Hall–Kier alpha value is -3.37. The maximum atomic E-state index is 13.7. The number of rotatable bonds is 5. The van der Waals surface area contributed by atoms with Crippen LogP contribution >= 0.6 is 10.3 Å². The molecule has 29 heavy (non-hydrogen) atoms. The van der Waals surface area contributed by atoms with Gasteiger partial charge in [0.25, 0.3) is 0 Å². The van der Waals surface area contributed by atoms with Crippen molar-refractivity contribution in [1.82, 2.24) is 0 Å². The molecule has 0 heterocycles. The SMILES string of the molecule is O=C(OS(c1ccccc1)(c1ccccc1)c1ccccc1)c1cccc(F)c1. The van der Waals surface area contributed by atoms with E-state index in [2.05, 4.69) is 0 Å². The van der Waals surface area contributed by atoms with Crippen molar-refractivity contribution in [2.75, 3.05) is 0 Å². The second-order valence-corrected chi connectivity index (χ2v) is 9.07. The van der Waals surface area contributed by atoms with Gasteiger partial charge in [0.15, 0.2) is 0 Å². The molecule has 4 heteroatoms. The Balaban J connectivity index is 1.94. The third-order valence-electron chi connectivity index (χ3n) is 4.49. The molecule has 0 fully saturated rings. The summed E-state index contributed by atoms with van der Waals surface area (Å²) in [5.41, 5.74) is 0.185. The number of halogens is 1. The van der Waals surface area contributed by atoms with Crippen LogP contribution in [0.4, 0.5) is 4.39 Å². The second-order valence-electron chi connectivity index (χ2n) is 6.38. The zero-order chi connectivity index (χ0) is 20.1. The Kier molecular flexibility index (Phi) is 5.45. The summed E-state index contributed by atoms with van der Waals surface area (Å²) >= 11 is 0. The molecule has 0 saturated heterocycles. The quantitative estimate of drug-likeness (QED) is 0.364. The zero-order valence-corrected chi connectivity index (χ0v) is 16.4. The van der Waals surface area contributed by atoms with Gasteiger partial charge in [-0.1, -0.05) is 60.7 Å². The average Bonchev–Trinajstić information content (AvgIpc) is 2.79. The molecule has 0 bridgehead atoms. The smallest absolute Gasteiger partial charge is 0.349 e. The van der Waals surface area contributed by atoms with E-state index in [1.54, 1.807) is 6.07 Å². The van der Waals surface area contributed by atoms with Crippen molar-refractivity contribution in [2.24, 2.45) is 0 Å². The molecule has 4 rings (SSSR count). The van der Waals surface area contributed by atoms with Gasteiger partial charge < -0.3 is 4.18 Å². The van der Waals surface area contributed by atoms with Crippen LogP contribution in [0.15, 0.2) is 130 Å². The van der Waals surface area contributed by atoms with Crippen LogP contribution in [0.5, 0.6) is 0 Å². The van der Waals surface area contributed by atoms with Gasteiger partial charge in [-0.15, -0.1) is 0 Å². The molecule has 0 radical (unpaired) electrons. The van der Waals surface area contributed by atoms with E-state index in [4.69, 9.17) is 4.18 Å². The summed E-state index contributed by atoms with van der Waals surface area (Å²) in [5, 5.41) is 0. The van der Waals surface area contributed by atoms with Crippen LogP contribution < -0.4 is 0 Å². The van der Waals surface area contributed by atoms with E-state index >= 15 is 0 Å². The van der Waals surface area contributed by atoms with Gasteiger partial charge in [-0.2, -0.15) is 0 Å². The highest BCUT2D eigenvalue weighted by Crippen LogP contribution is 2.69. The lowest BCUT2D eigenvalue weighted by atomic mass is 10.2. The molecular weight excluding hydrogens is 383 g/mol. The highest BCUT2D eigenvalue weighted by atomic mass is 32.3. The molecule has 0 saturated carbocycles. The first-order valence-corrected chi connectivity index (χ1v) is 10.7. The largest absolute Gasteiger partial charge is 0.398 e. The highest BCUT2D eigenvalue weighted by molar-refractivity contribution is 8.30. The van der Waals surface area contributed by atoms with Gasteiger partial charge in [-0.25, -0.2) is 9.18 Å². The Labute approximate surface area is 171 Å². The van der Waals surface area contributed by atoms with Crippen LogP contribution in [0.1, 0.15) is 10.4 Å². The molecule has 0 aliphatic carbocycles. The molecule has 0 N–H and O–H groups in total. The summed E-state index contributed by atoms with van der Waals surface area (Å²) in [6.45, 7) is 0. The fourth-order valence-corrected chi connectivity index (χ4v) is 6.22. The van der Waals surface area contributed by atoms with E-state index in [9.17, 15) is 9.18 Å². The van der Waals surface area contributed by atoms with Crippen LogP contribution in [0, 0.1) is 5.82 Å². The molecule has 0 aliphatic rings. The van der Waals surface area contributed by atoms with Crippen LogP contribution in [-0.2, 0) is 4.18 Å². The first-order valence-electron chi connectivity index (χ1n) is 9.18. The molecule has 144 valence electrons. The molecule has 4 aromatic carbocycles. The van der Waals surface area contributed by atoms with E-state index in [1.807, 2.05) is 91.0 Å². The molecule has 4 aromatic rings. The van der Waals surface area contributed by atoms with Crippen LogP contribution in [0.3, 0.4) is 0 Å².